The molecule has 0 saturated carbocycles. The zero-order valence-electron chi connectivity index (χ0n) is 9.82. The molecule has 0 fully saturated rings. The molecule has 16 heavy (non-hydrogen) atoms. The first kappa shape index (κ1) is 12.8. The Bertz CT molecular complexity index is 388. The van der Waals surface area contributed by atoms with Crippen LogP contribution in [0.2, 0.25) is 5.15 Å². The number of anilines is 1. The summed E-state index contributed by atoms with van der Waals surface area (Å²) in [7, 11) is 1.34. The van der Waals surface area contributed by atoms with Gasteiger partial charge in [-0.05, 0) is 32.9 Å². The molecule has 0 aromatic carbocycles. The average Bonchev–Trinajstić information content (AvgIpc) is 2.19. The number of rotatable bonds is 1. The van der Waals surface area contributed by atoms with Crippen molar-refractivity contribution in [1.29, 1.82) is 0 Å². The van der Waals surface area contributed by atoms with E-state index in [0.717, 1.165) is 0 Å². The molecule has 1 rings (SSSR count). The monoisotopic (exact) mass is 242 g/mol. The van der Waals surface area contributed by atoms with Gasteiger partial charge in [-0.25, -0.2) is 9.78 Å². The third-order valence-electron chi connectivity index (χ3n) is 2.01. The normalized spacial score (nSPS) is 11.1. The molecular weight excluding hydrogens is 228 g/mol. The van der Waals surface area contributed by atoms with Crippen molar-refractivity contribution in [2.75, 3.05) is 12.0 Å². The highest BCUT2D eigenvalue weighted by Crippen LogP contribution is 2.29. The number of carbonyl (C=O) groups is 1. The van der Waals surface area contributed by atoms with Gasteiger partial charge in [-0.1, -0.05) is 11.6 Å². The third kappa shape index (κ3) is 2.64. The summed E-state index contributed by atoms with van der Waals surface area (Å²) in [5.41, 5.74) is 0.114. The topological polar surface area (TPSA) is 42.4 Å². The van der Waals surface area contributed by atoms with Crippen molar-refractivity contribution in [3.8, 4) is 0 Å². The zero-order valence-corrected chi connectivity index (χ0v) is 10.6. The lowest BCUT2D eigenvalue weighted by molar-refractivity contribution is 0.172. The van der Waals surface area contributed by atoms with Crippen LogP contribution in [-0.2, 0) is 4.74 Å². The maximum atomic E-state index is 11.7. The summed E-state index contributed by atoms with van der Waals surface area (Å²) in [4.78, 5) is 17.1. The van der Waals surface area contributed by atoms with Crippen molar-refractivity contribution < 1.29 is 9.53 Å². The predicted molar refractivity (Wildman–Crippen MR) is 63.9 cm³/mol. The van der Waals surface area contributed by atoms with E-state index in [0.29, 0.717) is 5.69 Å². The van der Waals surface area contributed by atoms with Gasteiger partial charge in [0.15, 0.2) is 5.15 Å². The van der Waals surface area contributed by atoms with Crippen molar-refractivity contribution in [3.05, 3.63) is 23.5 Å². The largest absolute Gasteiger partial charge is 0.452 e. The number of pyridine rings is 1. The van der Waals surface area contributed by atoms with Gasteiger partial charge in [0.1, 0.15) is 0 Å². The van der Waals surface area contributed by atoms with E-state index in [-0.39, 0.29) is 5.15 Å². The minimum atomic E-state index is -0.456. The van der Waals surface area contributed by atoms with Crippen molar-refractivity contribution in [1.82, 2.24) is 4.98 Å². The fourth-order valence-corrected chi connectivity index (χ4v) is 1.57. The summed E-state index contributed by atoms with van der Waals surface area (Å²) in [6.07, 6.45) is 1.12. The summed E-state index contributed by atoms with van der Waals surface area (Å²) >= 11 is 5.97. The van der Waals surface area contributed by atoms with E-state index in [1.807, 2.05) is 20.8 Å². The number of amides is 1. The van der Waals surface area contributed by atoms with Gasteiger partial charge in [0, 0.05) is 11.7 Å². The molecule has 5 heteroatoms. The molecule has 1 aromatic heterocycles. The molecule has 1 heterocycles. The summed E-state index contributed by atoms with van der Waals surface area (Å²) in [6.45, 7) is 5.69. The minimum absolute atomic E-state index is 0.280. The summed E-state index contributed by atoms with van der Waals surface area (Å²) in [5, 5.41) is 0.280. The Morgan fingerprint density at radius 2 is 2.12 bits per heavy atom. The number of aromatic nitrogens is 1. The smallest absolute Gasteiger partial charge is 0.414 e. The highest BCUT2D eigenvalue weighted by molar-refractivity contribution is 6.32. The molecule has 1 amide bonds. The van der Waals surface area contributed by atoms with Crippen LogP contribution in [0.3, 0.4) is 0 Å². The van der Waals surface area contributed by atoms with Gasteiger partial charge in [0.2, 0.25) is 0 Å². The van der Waals surface area contributed by atoms with Crippen LogP contribution in [0, 0.1) is 0 Å². The quantitative estimate of drug-likeness (QED) is 0.711. The molecule has 0 atom stereocenters. The SMILES string of the molecule is COC(=O)N(c1cccnc1Cl)C(C)(C)C. The van der Waals surface area contributed by atoms with E-state index in [4.69, 9.17) is 16.3 Å². The molecule has 0 aliphatic heterocycles. The fourth-order valence-electron chi connectivity index (χ4n) is 1.37. The highest BCUT2D eigenvalue weighted by Gasteiger charge is 2.30. The number of hydrogen-bond acceptors (Lipinski definition) is 3. The third-order valence-corrected chi connectivity index (χ3v) is 2.30. The molecule has 4 nitrogen and oxygen atoms in total. The molecule has 0 aliphatic carbocycles. The van der Waals surface area contributed by atoms with Crippen LogP contribution in [0.25, 0.3) is 0 Å². The molecule has 0 bridgehead atoms. The summed E-state index contributed by atoms with van der Waals surface area (Å²) in [5.74, 6) is 0. The maximum Gasteiger partial charge on any atom is 0.414 e. The van der Waals surface area contributed by atoms with Gasteiger partial charge in [0.05, 0.1) is 12.8 Å². The molecule has 0 saturated heterocycles. The number of nitrogens with zero attached hydrogens (tertiary/aromatic N) is 2. The van der Waals surface area contributed by atoms with Gasteiger partial charge < -0.3 is 4.74 Å². The van der Waals surface area contributed by atoms with Gasteiger partial charge in [0.25, 0.3) is 0 Å². The van der Waals surface area contributed by atoms with Crippen LogP contribution in [0.4, 0.5) is 10.5 Å². The Balaban J connectivity index is 3.23. The fraction of sp³-hybridized carbons (Fsp3) is 0.455. The first-order valence-corrected chi connectivity index (χ1v) is 5.24. The predicted octanol–water partition coefficient (Wildman–Crippen LogP) is 3.11. The van der Waals surface area contributed by atoms with E-state index < -0.39 is 11.6 Å². The number of methoxy groups -OCH3 is 1. The Morgan fingerprint density at radius 3 is 2.56 bits per heavy atom. The van der Waals surface area contributed by atoms with Crippen molar-refractivity contribution in [2.24, 2.45) is 0 Å². The van der Waals surface area contributed by atoms with E-state index >= 15 is 0 Å². The lowest BCUT2D eigenvalue weighted by Gasteiger charge is -2.34. The average molecular weight is 243 g/mol. The lowest BCUT2D eigenvalue weighted by Crippen LogP contribution is -2.46. The van der Waals surface area contributed by atoms with Crippen LogP contribution in [0.1, 0.15) is 20.8 Å². The molecular formula is C11H15ClN2O2. The van der Waals surface area contributed by atoms with Gasteiger partial charge in [-0.15, -0.1) is 0 Å². The van der Waals surface area contributed by atoms with Crippen molar-refractivity contribution in [3.63, 3.8) is 0 Å². The molecule has 0 radical (unpaired) electrons. The second kappa shape index (κ2) is 4.70. The van der Waals surface area contributed by atoms with Gasteiger partial charge in [-0.3, -0.25) is 4.90 Å². The molecule has 88 valence electrons. The molecule has 0 aliphatic rings. The Morgan fingerprint density at radius 1 is 1.50 bits per heavy atom. The molecule has 0 N–H and O–H groups in total. The van der Waals surface area contributed by atoms with Crippen molar-refractivity contribution >= 4 is 23.4 Å². The van der Waals surface area contributed by atoms with E-state index in [1.54, 1.807) is 18.3 Å². The Hall–Kier alpha value is -1.29. The zero-order chi connectivity index (χ0) is 12.3. The molecule has 0 spiro atoms. The number of halogens is 1. The van der Waals surface area contributed by atoms with Crippen LogP contribution in [0.5, 0.6) is 0 Å². The molecule has 1 aromatic rings. The Labute approximate surface area is 100 Å². The van der Waals surface area contributed by atoms with Crippen LogP contribution in [-0.4, -0.2) is 23.7 Å². The highest BCUT2D eigenvalue weighted by atomic mass is 35.5. The first-order valence-electron chi connectivity index (χ1n) is 4.86. The van der Waals surface area contributed by atoms with E-state index in [9.17, 15) is 4.79 Å². The van der Waals surface area contributed by atoms with Gasteiger partial charge in [-0.2, -0.15) is 0 Å². The van der Waals surface area contributed by atoms with E-state index in [1.165, 1.54) is 12.0 Å². The number of ether oxygens (including phenoxy) is 1. The second-order valence-corrected chi connectivity index (χ2v) is 4.65. The maximum absolute atomic E-state index is 11.7. The van der Waals surface area contributed by atoms with E-state index in [2.05, 4.69) is 4.98 Å². The molecule has 0 unspecified atom stereocenters. The Kier molecular flexibility index (Phi) is 3.75. The van der Waals surface area contributed by atoms with Crippen LogP contribution >= 0.6 is 11.6 Å². The number of carbonyl (C=O) groups excluding carboxylic acids is 1. The first-order chi connectivity index (χ1) is 7.38. The summed E-state index contributed by atoms with van der Waals surface area (Å²) in [6, 6.07) is 3.46. The van der Waals surface area contributed by atoms with Crippen LogP contribution in [0.15, 0.2) is 18.3 Å². The second-order valence-electron chi connectivity index (χ2n) is 4.29. The lowest BCUT2D eigenvalue weighted by atomic mass is 10.1. The summed E-state index contributed by atoms with van der Waals surface area (Å²) < 4.78 is 4.75. The van der Waals surface area contributed by atoms with Crippen LogP contribution < -0.4 is 4.90 Å². The standard InChI is InChI=1S/C11H15ClN2O2/c1-11(2,3)14(10(15)16-4)8-6-5-7-13-9(8)12/h5-7H,1-4H3. The van der Waals surface area contributed by atoms with Crippen molar-refractivity contribution in [2.45, 2.75) is 26.3 Å². The van der Waals surface area contributed by atoms with Gasteiger partial charge >= 0.3 is 6.09 Å². The number of hydrogen-bond donors (Lipinski definition) is 0. The minimum Gasteiger partial charge on any atom is -0.452 e.